The molecular weight excluding hydrogens is 462 g/mol. The molecule has 3 aromatic carbocycles. The molecule has 0 bridgehead atoms. The number of esters is 2. The molecule has 1 heterocycles. The summed E-state index contributed by atoms with van der Waals surface area (Å²) in [6, 6.07) is 20.6. The summed E-state index contributed by atoms with van der Waals surface area (Å²) in [4.78, 5) is 38.0. The maximum absolute atomic E-state index is 12.3. The summed E-state index contributed by atoms with van der Waals surface area (Å²) in [6.07, 6.45) is -0.232. The van der Waals surface area contributed by atoms with Crippen LogP contribution in [0.25, 0.3) is 10.9 Å². The zero-order valence-electron chi connectivity index (χ0n) is 19.6. The van der Waals surface area contributed by atoms with Crippen LogP contribution in [0.5, 0.6) is 11.5 Å². The molecule has 9 nitrogen and oxygen atoms in total. The topological polar surface area (TPSA) is 130 Å². The SMILES string of the molecule is CC(=O)Oc1cccc(CC(OC(C)=O)c2ccc(N=Nc3c(O)c4ccccc4[nH]c3=O)cc2)c1. The van der Waals surface area contributed by atoms with Gasteiger partial charge in [0.15, 0.2) is 11.4 Å². The quantitative estimate of drug-likeness (QED) is 0.204. The van der Waals surface area contributed by atoms with Crippen LogP contribution in [-0.2, 0) is 20.7 Å². The number of carbonyl (C=O) groups excluding carboxylic acids is 2. The number of hydrogen-bond donors (Lipinski definition) is 2. The molecule has 0 saturated heterocycles. The molecule has 0 radical (unpaired) electrons. The van der Waals surface area contributed by atoms with Crippen LogP contribution in [0.15, 0.2) is 87.8 Å². The smallest absolute Gasteiger partial charge is 0.308 e. The maximum atomic E-state index is 12.3. The van der Waals surface area contributed by atoms with Gasteiger partial charge in [-0.1, -0.05) is 36.4 Å². The molecule has 1 atom stereocenters. The number of H-pyrrole nitrogens is 1. The van der Waals surface area contributed by atoms with E-state index < -0.39 is 23.6 Å². The molecule has 0 spiro atoms. The van der Waals surface area contributed by atoms with Gasteiger partial charge in [0.25, 0.3) is 5.56 Å². The molecule has 36 heavy (non-hydrogen) atoms. The third-order valence-corrected chi connectivity index (χ3v) is 5.29. The Morgan fingerprint density at radius 1 is 0.944 bits per heavy atom. The number of benzene rings is 3. The normalized spacial score (nSPS) is 11.9. The average Bonchev–Trinajstić information content (AvgIpc) is 2.83. The van der Waals surface area contributed by atoms with E-state index in [2.05, 4.69) is 15.2 Å². The van der Waals surface area contributed by atoms with Gasteiger partial charge < -0.3 is 19.6 Å². The Labute approximate surface area is 206 Å². The van der Waals surface area contributed by atoms with Crippen molar-refractivity contribution in [2.24, 2.45) is 10.2 Å². The highest BCUT2D eigenvalue weighted by Crippen LogP contribution is 2.32. The number of carbonyl (C=O) groups is 2. The Kier molecular flexibility index (Phi) is 7.20. The minimum atomic E-state index is -0.589. The van der Waals surface area contributed by atoms with Crippen molar-refractivity contribution in [2.45, 2.75) is 26.4 Å². The molecule has 2 N–H and O–H groups in total. The first-order valence-corrected chi connectivity index (χ1v) is 11.1. The fourth-order valence-electron chi connectivity index (χ4n) is 3.72. The molecule has 182 valence electrons. The largest absolute Gasteiger partial charge is 0.505 e. The molecule has 1 unspecified atom stereocenters. The fourth-order valence-corrected chi connectivity index (χ4v) is 3.72. The number of nitrogens with zero attached hydrogens (tertiary/aromatic N) is 2. The van der Waals surface area contributed by atoms with Crippen LogP contribution >= 0.6 is 0 Å². The lowest BCUT2D eigenvalue weighted by Crippen LogP contribution is -2.11. The number of fused-ring (bicyclic) bond motifs is 1. The second kappa shape index (κ2) is 10.6. The number of hydrogen-bond acceptors (Lipinski definition) is 8. The first kappa shape index (κ1) is 24.3. The molecular formula is C27H23N3O6. The second-order valence-electron chi connectivity index (χ2n) is 8.03. The van der Waals surface area contributed by atoms with E-state index in [0.29, 0.717) is 34.3 Å². The Morgan fingerprint density at radius 3 is 2.42 bits per heavy atom. The number of rotatable bonds is 7. The van der Waals surface area contributed by atoms with E-state index in [4.69, 9.17) is 9.47 Å². The van der Waals surface area contributed by atoms with Crippen LogP contribution in [0.2, 0.25) is 0 Å². The number of aromatic amines is 1. The van der Waals surface area contributed by atoms with E-state index in [1.54, 1.807) is 66.7 Å². The van der Waals surface area contributed by atoms with Gasteiger partial charge in [-0.2, -0.15) is 5.11 Å². The number of aromatic nitrogens is 1. The fraction of sp³-hybridized carbons (Fsp3) is 0.148. The summed E-state index contributed by atoms with van der Waals surface area (Å²) < 4.78 is 10.7. The minimum Gasteiger partial charge on any atom is -0.505 e. The van der Waals surface area contributed by atoms with Gasteiger partial charge in [0.05, 0.1) is 11.2 Å². The molecule has 0 amide bonds. The van der Waals surface area contributed by atoms with Crippen LogP contribution in [0, 0.1) is 0 Å². The van der Waals surface area contributed by atoms with E-state index in [1.165, 1.54) is 13.8 Å². The zero-order valence-corrected chi connectivity index (χ0v) is 19.6. The highest BCUT2D eigenvalue weighted by Gasteiger charge is 2.17. The van der Waals surface area contributed by atoms with E-state index in [-0.39, 0.29) is 11.4 Å². The van der Waals surface area contributed by atoms with Crippen LogP contribution in [0.1, 0.15) is 31.1 Å². The molecule has 0 aliphatic carbocycles. The molecule has 0 aliphatic heterocycles. The Bertz CT molecular complexity index is 1510. The van der Waals surface area contributed by atoms with E-state index >= 15 is 0 Å². The summed E-state index contributed by atoms with van der Waals surface area (Å²) in [7, 11) is 0. The molecule has 1 aromatic heterocycles. The number of aromatic hydroxyl groups is 1. The number of ether oxygens (including phenoxy) is 2. The van der Waals surface area contributed by atoms with Gasteiger partial charge >= 0.3 is 11.9 Å². The van der Waals surface area contributed by atoms with Crippen molar-refractivity contribution in [1.29, 1.82) is 0 Å². The second-order valence-corrected chi connectivity index (χ2v) is 8.03. The highest BCUT2D eigenvalue weighted by molar-refractivity contribution is 5.88. The summed E-state index contributed by atoms with van der Waals surface area (Å²) in [5.41, 5.74) is 1.71. The van der Waals surface area contributed by atoms with Gasteiger partial charge in [0, 0.05) is 25.7 Å². The van der Waals surface area contributed by atoms with Crippen molar-refractivity contribution in [2.75, 3.05) is 0 Å². The minimum absolute atomic E-state index is 0.191. The van der Waals surface area contributed by atoms with E-state index in [0.717, 1.165) is 5.56 Å². The molecule has 9 heteroatoms. The lowest BCUT2D eigenvalue weighted by molar-refractivity contribution is -0.146. The average molecular weight is 485 g/mol. The predicted molar refractivity (Wildman–Crippen MR) is 133 cm³/mol. The van der Waals surface area contributed by atoms with E-state index in [9.17, 15) is 19.5 Å². The van der Waals surface area contributed by atoms with Gasteiger partial charge in [0.2, 0.25) is 0 Å². The Morgan fingerprint density at radius 2 is 1.69 bits per heavy atom. The summed E-state index contributed by atoms with van der Waals surface area (Å²) in [5.74, 6) is -0.705. The van der Waals surface area contributed by atoms with Gasteiger partial charge in [-0.25, -0.2) is 0 Å². The third-order valence-electron chi connectivity index (χ3n) is 5.29. The predicted octanol–water partition coefficient (Wildman–Crippen LogP) is 5.42. The molecule has 0 saturated carbocycles. The van der Waals surface area contributed by atoms with Gasteiger partial charge in [0.1, 0.15) is 11.9 Å². The monoisotopic (exact) mass is 485 g/mol. The highest BCUT2D eigenvalue weighted by atomic mass is 16.5. The lowest BCUT2D eigenvalue weighted by atomic mass is 10.0. The molecule has 4 rings (SSSR count). The number of azo groups is 1. The van der Waals surface area contributed by atoms with E-state index in [1.807, 2.05) is 6.07 Å². The number of pyridine rings is 1. The molecule has 4 aromatic rings. The zero-order chi connectivity index (χ0) is 25.7. The number of para-hydroxylation sites is 1. The van der Waals surface area contributed by atoms with Crippen LogP contribution < -0.4 is 10.3 Å². The lowest BCUT2D eigenvalue weighted by Gasteiger charge is -2.18. The first-order valence-electron chi connectivity index (χ1n) is 11.1. The Hall–Kier alpha value is -4.79. The third kappa shape index (κ3) is 5.82. The van der Waals surface area contributed by atoms with Crippen LogP contribution in [0.4, 0.5) is 11.4 Å². The molecule has 0 aliphatic rings. The summed E-state index contributed by atoms with van der Waals surface area (Å²) in [6.45, 7) is 2.66. The summed E-state index contributed by atoms with van der Waals surface area (Å²) >= 11 is 0. The van der Waals surface area contributed by atoms with Gasteiger partial charge in [-0.3, -0.25) is 14.4 Å². The van der Waals surface area contributed by atoms with Crippen molar-refractivity contribution >= 4 is 34.2 Å². The van der Waals surface area contributed by atoms with Crippen LogP contribution in [-0.4, -0.2) is 22.0 Å². The van der Waals surface area contributed by atoms with Gasteiger partial charge in [-0.15, -0.1) is 5.11 Å². The van der Waals surface area contributed by atoms with Crippen molar-refractivity contribution in [1.82, 2.24) is 4.98 Å². The maximum Gasteiger partial charge on any atom is 0.308 e. The van der Waals surface area contributed by atoms with Crippen molar-refractivity contribution in [3.8, 4) is 11.5 Å². The van der Waals surface area contributed by atoms with Crippen molar-refractivity contribution in [3.63, 3.8) is 0 Å². The summed E-state index contributed by atoms with van der Waals surface area (Å²) in [5, 5.41) is 19.0. The van der Waals surface area contributed by atoms with Crippen molar-refractivity contribution < 1.29 is 24.2 Å². The van der Waals surface area contributed by atoms with Crippen molar-refractivity contribution in [3.05, 3.63) is 94.3 Å². The van der Waals surface area contributed by atoms with Crippen LogP contribution in [0.3, 0.4) is 0 Å². The first-order chi connectivity index (χ1) is 17.3. The number of nitrogens with one attached hydrogen (secondary N) is 1. The Balaban J connectivity index is 1.56. The molecule has 0 fully saturated rings. The van der Waals surface area contributed by atoms with Gasteiger partial charge in [-0.05, 0) is 47.5 Å². The standard InChI is InChI=1S/C27H23N3O6/c1-16(31)35-21-7-5-6-18(14-21)15-24(36-17(2)32)19-10-12-20(13-11-19)29-30-25-26(33)22-8-3-4-9-23(22)28-27(25)34/h3-14,24H,15H2,1-2H3,(H2,28,33,34).